The molecule has 0 saturated carbocycles. The molecule has 1 heterocycles. The first-order valence-corrected chi connectivity index (χ1v) is 4.37. The van der Waals surface area contributed by atoms with Crippen LogP contribution in [0.15, 0.2) is 12.4 Å². The minimum Gasteiger partial charge on any atom is -0.444 e. The van der Waals surface area contributed by atoms with Crippen LogP contribution in [-0.2, 0) is 16.3 Å². The molecule has 0 unspecified atom stereocenters. The van der Waals surface area contributed by atoms with Crippen molar-refractivity contribution in [1.29, 1.82) is 0 Å². The molecule has 4 heteroatoms. The van der Waals surface area contributed by atoms with Gasteiger partial charge in [0.25, 0.3) is 0 Å². The van der Waals surface area contributed by atoms with Crippen LogP contribution in [0.25, 0.3) is 0 Å². The Hall–Kier alpha value is -1.32. The summed E-state index contributed by atoms with van der Waals surface area (Å²) in [6.07, 6.45) is 4.77. The van der Waals surface area contributed by atoms with Crippen molar-refractivity contribution < 1.29 is 9.53 Å². The Balaban J connectivity index is 2.35. The molecule has 72 valence electrons. The minimum atomic E-state index is -0.157. The number of carbonyl (C=O) groups excluding carboxylic acids is 1. The molecule has 0 fully saturated rings. The van der Waals surface area contributed by atoms with Gasteiger partial charge in [-0.3, -0.25) is 4.79 Å². The maximum atomic E-state index is 11.0. The van der Waals surface area contributed by atoms with Gasteiger partial charge < -0.3 is 9.30 Å². The Morgan fingerprint density at radius 1 is 1.69 bits per heavy atom. The highest BCUT2D eigenvalue weighted by atomic mass is 16.5. The van der Waals surface area contributed by atoms with Crippen molar-refractivity contribution in [2.75, 3.05) is 0 Å². The molecule has 0 amide bonds. The summed E-state index contributed by atoms with van der Waals surface area (Å²) in [6, 6.07) is 0. The molecule has 0 atom stereocenters. The van der Waals surface area contributed by atoms with E-state index in [1.165, 1.54) is 0 Å². The second kappa shape index (κ2) is 4.64. The van der Waals surface area contributed by atoms with Gasteiger partial charge in [-0.05, 0) is 13.3 Å². The molecular weight excluding hydrogens is 168 g/mol. The van der Waals surface area contributed by atoms with Gasteiger partial charge in [-0.2, -0.15) is 0 Å². The van der Waals surface area contributed by atoms with Crippen molar-refractivity contribution in [3.63, 3.8) is 0 Å². The first-order valence-electron chi connectivity index (χ1n) is 4.37. The van der Waals surface area contributed by atoms with Crippen molar-refractivity contribution in [2.45, 2.75) is 33.4 Å². The lowest BCUT2D eigenvalue weighted by molar-refractivity contribution is -0.147. The zero-order valence-corrected chi connectivity index (χ0v) is 7.99. The number of nitrogens with zero attached hydrogens (tertiary/aromatic N) is 2. The second-order valence-electron chi connectivity index (χ2n) is 2.84. The largest absolute Gasteiger partial charge is 0.444 e. The predicted molar refractivity (Wildman–Crippen MR) is 48.0 cm³/mol. The van der Waals surface area contributed by atoms with E-state index in [1.807, 2.05) is 13.8 Å². The highest BCUT2D eigenvalue weighted by Crippen LogP contribution is 1.98. The summed E-state index contributed by atoms with van der Waals surface area (Å²) in [6.45, 7) is 4.09. The van der Waals surface area contributed by atoms with Crippen LogP contribution in [0.1, 0.15) is 25.6 Å². The van der Waals surface area contributed by atoms with E-state index in [-0.39, 0.29) is 12.7 Å². The Bertz CT molecular complexity index is 281. The van der Waals surface area contributed by atoms with E-state index < -0.39 is 0 Å². The summed E-state index contributed by atoms with van der Waals surface area (Å²) < 4.78 is 6.78. The van der Waals surface area contributed by atoms with Gasteiger partial charge >= 0.3 is 5.97 Å². The average Bonchev–Trinajstić information content (AvgIpc) is 2.48. The third kappa shape index (κ3) is 2.89. The van der Waals surface area contributed by atoms with Crippen LogP contribution >= 0.6 is 0 Å². The molecule has 0 aromatic carbocycles. The normalized spacial score (nSPS) is 10.0. The first-order chi connectivity index (χ1) is 6.24. The first kappa shape index (κ1) is 9.77. The molecular formula is C9H14N2O2. The van der Waals surface area contributed by atoms with E-state index in [0.717, 1.165) is 12.2 Å². The summed E-state index contributed by atoms with van der Waals surface area (Å²) in [5.74, 6) is 0.694. The number of hydrogen-bond acceptors (Lipinski definition) is 3. The van der Waals surface area contributed by atoms with Gasteiger partial charge in [-0.1, -0.05) is 6.92 Å². The third-order valence-corrected chi connectivity index (χ3v) is 1.74. The fourth-order valence-corrected chi connectivity index (χ4v) is 0.958. The van der Waals surface area contributed by atoms with Crippen molar-refractivity contribution in [3.8, 4) is 0 Å². The topological polar surface area (TPSA) is 44.1 Å². The summed E-state index contributed by atoms with van der Waals surface area (Å²) in [7, 11) is 0. The van der Waals surface area contributed by atoms with E-state index in [2.05, 4.69) is 4.98 Å². The SMILES string of the molecule is CCCC(=O)OCn1ccnc1C. The summed E-state index contributed by atoms with van der Waals surface area (Å²) in [4.78, 5) is 15.0. The Kier molecular flexibility index (Phi) is 3.49. The number of esters is 1. The lowest BCUT2D eigenvalue weighted by Crippen LogP contribution is -2.09. The van der Waals surface area contributed by atoms with Crippen LogP contribution in [0.5, 0.6) is 0 Å². The Labute approximate surface area is 77.5 Å². The lowest BCUT2D eigenvalue weighted by Gasteiger charge is -2.05. The molecule has 0 radical (unpaired) electrons. The molecule has 13 heavy (non-hydrogen) atoms. The van der Waals surface area contributed by atoms with Gasteiger partial charge in [-0.25, -0.2) is 4.98 Å². The minimum absolute atomic E-state index is 0.157. The van der Waals surface area contributed by atoms with Gasteiger partial charge in [0.2, 0.25) is 0 Å². The van der Waals surface area contributed by atoms with Gasteiger partial charge in [-0.15, -0.1) is 0 Å². The van der Waals surface area contributed by atoms with E-state index >= 15 is 0 Å². The number of ether oxygens (including phenoxy) is 1. The molecule has 0 saturated heterocycles. The molecule has 1 aromatic rings. The van der Waals surface area contributed by atoms with E-state index in [9.17, 15) is 4.79 Å². The van der Waals surface area contributed by atoms with Crippen molar-refractivity contribution in [1.82, 2.24) is 9.55 Å². The van der Waals surface area contributed by atoms with Gasteiger partial charge in [0.05, 0.1) is 0 Å². The number of carbonyl (C=O) groups is 1. The highest BCUT2D eigenvalue weighted by molar-refractivity contribution is 5.68. The standard InChI is InChI=1S/C9H14N2O2/c1-3-4-9(12)13-7-11-6-5-10-8(11)2/h5-6H,3-4,7H2,1-2H3. The van der Waals surface area contributed by atoms with Crippen molar-refractivity contribution in [2.24, 2.45) is 0 Å². The fourth-order valence-electron chi connectivity index (χ4n) is 0.958. The molecule has 0 aliphatic rings. The molecule has 1 aromatic heterocycles. The van der Waals surface area contributed by atoms with Gasteiger partial charge in [0.15, 0.2) is 6.73 Å². The molecule has 4 nitrogen and oxygen atoms in total. The van der Waals surface area contributed by atoms with Gasteiger partial charge in [0.1, 0.15) is 5.82 Å². The van der Waals surface area contributed by atoms with Crippen LogP contribution in [0.4, 0.5) is 0 Å². The zero-order valence-electron chi connectivity index (χ0n) is 7.99. The van der Waals surface area contributed by atoms with Crippen molar-refractivity contribution >= 4 is 5.97 Å². The molecule has 0 bridgehead atoms. The van der Waals surface area contributed by atoms with Crippen LogP contribution < -0.4 is 0 Å². The number of imidazole rings is 1. The summed E-state index contributed by atoms with van der Waals surface area (Å²) in [5.41, 5.74) is 0. The highest BCUT2D eigenvalue weighted by Gasteiger charge is 2.01. The number of rotatable bonds is 4. The Morgan fingerprint density at radius 2 is 2.46 bits per heavy atom. The number of aryl methyl sites for hydroxylation is 1. The zero-order chi connectivity index (χ0) is 9.68. The predicted octanol–water partition coefficient (Wildman–Crippen LogP) is 1.49. The second-order valence-corrected chi connectivity index (χ2v) is 2.84. The van der Waals surface area contributed by atoms with E-state index in [1.54, 1.807) is 17.0 Å². The number of hydrogen-bond donors (Lipinski definition) is 0. The maximum Gasteiger partial charge on any atom is 0.307 e. The fraction of sp³-hybridized carbons (Fsp3) is 0.556. The van der Waals surface area contributed by atoms with E-state index in [0.29, 0.717) is 6.42 Å². The average molecular weight is 182 g/mol. The molecule has 0 aliphatic carbocycles. The molecule has 0 aliphatic heterocycles. The summed E-state index contributed by atoms with van der Waals surface area (Å²) >= 11 is 0. The van der Waals surface area contributed by atoms with E-state index in [4.69, 9.17) is 4.74 Å². The third-order valence-electron chi connectivity index (χ3n) is 1.74. The monoisotopic (exact) mass is 182 g/mol. The smallest absolute Gasteiger partial charge is 0.307 e. The molecule has 0 spiro atoms. The van der Waals surface area contributed by atoms with Crippen LogP contribution in [0, 0.1) is 6.92 Å². The van der Waals surface area contributed by atoms with Gasteiger partial charge in [0, 0.05) is 18.8 Å². The maximum absolute atomic E-state index is 11.0. The molecule has 0 N–H and O–H groups in total. The number of aromatic nitrogens is 2. The summed E-state index contributed by atoms with van der Waals surface area (Å²) in [5, 5.41) is 0. The lowest BCUT2D eigenvalue weighted by atomic mass is 10.3. The Morgan fingerprint density at radius 3 is 3.00 bits per heavy atom. The molecule has 1 rings (SSSR count). The van der Waals surface area contributed by atoms with Crippen LogP contribution in [-0.4, -0.2) is 15.5 Å². The van der Waals surface area contributed by atoms with Crippen LogP contribution in [0.2, 0.25) is 0 Å². The van der Waals surface area contributed by atoms with Crippen LogP contribution in [0.3, 0.4) is 0 Å². The van der Waals surface area contributed by atoms with Crippen molar-refractivity contribution in [3.05, 3.63) is 18.2 Å². The quantitative estimate of drug-likeness (QED) is 0.663.